The molecule has 14 heavy (non-hydrogen) atoms. The average molecular weight is 196 g/mol. The third-order valence-corrected chi connectivity index (χ3v) is 3.83. The Labute approximate surface area is 79.3 Å². The van der Waals surface area contributed by atoms with Crippen molar-refractivity contribution in [3.8, 4) is 0 Å². The van der Waals surface area contributed by atoms with Crippen LogP contribution in [0.2, 0.25) is 0 Å². The molecule has 2 bridgehead atoms. The molecule has 0 N–H and O–H groups in total. The second-order valence-electron chi connectivity index (χ2n) is 4.36. The first kappa shape index (κ1) is 7.23. The Balaban J connectivity index is 1.88. The zero-order chi connectivity index (χ0) is 9.45. The van der Waals surface area contributed by atoms with Crippen LogP contribution in [-0.2, 0) is 23.8 Å². The molecule has 6 atom stereocenters. The molecule has 5 nitrogen and oxygen atoms in total. The van der Waals surface area contributed by atoms with E-state index in [1.807, 2.05) is 0 Å². The summed E-state index contributed by atoms with van der Waals surface area (Å²) in [4.78, 5) is 22.9. The molecule has 0 amide bonds. The van der Waals surface area contributed by atoms with Crippen LogP contribution in [0, 0.1) is 23.7 Å². The Morgan fingerprint density at radius 3 is 1.93 bits per heavy atom. The number of carbonyl (C=O) groups is 2. The lowest BCUT2D eigenvalue weighted by Gasteiger charge is -2.28. The van der Waals surface area contributed by atoms with Crippen molar-refractivity contribution >= 4 is 11.9 Å². The maximum absolute atomic E-state index is 11.5. The van der Waals surface area contributed by atoms with Gasteiger partial charge in [0.25, 0.3) is 0 Å². The molecule has 0 aromatic heterocycles. The summed E-state index contributed by atoms with van der Waals surface area (Å²) in [6.45, 7) is 0. The van der Waals surface area contributed by atoms with Gasteiger partial charge in [0.2, 0.25) is 12.6 Å². The van der Waals surface area contributed by atoms with Gasteiger partial charge in [0.1, 0.15) is 0 Å². The summed E-state index contributed by atoms with van der Waals surface area (Å²) in [5, 5.41) is 0. The van der Waals surface area contributed by atoms with E-state index in [0.717, 1.165) is 6.42 Å². The molecule has 4 aliphatic rings. The summed E-state index contributed by atoms with van der Waals surface area (Å²) in [7, 11) is 0. The van der Waals surface area contributed by atoms with E-state index in [4.69, 9.17) is 14.2 Å². The molecular weight excluding hydrogens is 188 g/mol. The van der Waals surface area contributed by atoms with Crippen molar-refractivity contribution in [2.24, 2.45) is 23.7 Å². The van der Waals surface area contributed by atoms with Gasteiger partial charge in [0, 0.05) is 11.8 Å². The van der Waals surface area contributed by atoms with Crippen LogP contribution < -0.4 is 0 Å². The van der Waals surface area contributed by atoms with Crippen LogP contribution >= 0.6 is 0 Å². The molecule has 4 rings (SSSR count). The van der Waals surface area contributed by atoms with Crippen molar-refractivity contribution in [3.63, 3.8) is 0 Å². The third-order valence-electron chi connectivity index (χ3n) is 3.83. The Morgan fingerprint density at radius 2 is 1.43 bits per heavy atom. The number of hydrogen-bond donors (Lipinski definition) is 0. The zero-order valence-corrected chi connectivity index (χ0v) is 7.21. The number of fused-ring (bicyclic) bond motifs is 1. The first-order valence-corrected chi connectivity index (χ1v) is 4.82. The van der Waals surface area contributed by atoms with Gasteiger partial charge in [-0.05, 0) is 6.42 Å². The van der Waals surface area contributed by atoms with Gasteiger partial charge < -0.3 is 14.2 Å². The standard InChI is InChI=1S/C9H8O5/c10-6-4-2-1-3-5(4)7(11)13-9(3)14-8(2)12-6/h2-5,8-9H,1H2/t2-,3+,4-,5-,8-,9+/m0/s1. The number of carbonyl (C=O) groups excluding carboxylic acids is 2. The minimum Gasteiger partial charge on any atom is -0.435 e. The third kappa shape index (κ3) is 0.580. The van der Waals surface area contributed by atoms with Gasteiger partial charge in [-0.3, -0.25) is 9.59 Å². The van der Waals surface area contributed by atoms with E-state index in [-0.39, 0.29) is 35.6 Å². The summed E-state index contributed by atoms with van der Waals surface area (Å²) in [5.74, 6) is -1.01. The second kappa shape index (κ2) is 1.95. The molecule has 1 aliphatic carbocycles. The quantitative estimate of drug-likeness (QED) is 0.495. The predicted molar refractivity (Wildman–Crippen MR) is 39.4 cm³/mol. The lowest BCUT2D eigenvalue weighted by molar-refractivity contribution is -0.252. The summed E-state index contributed by atoms with van der Waals surface area (Å²) in [6, 6.07) is 0. The van der Waals surface area contributed by atoms with Crippen LogP contribution in [0.4, 0.5) is 0 Å². The summed E-state index contributed by atoms with van der Waals surface area (Å²) in [5.41, 5.74) is 0. The highest BCUT2D eigenvalue weighted by Gasteiger charge is 2.69. The first-order valence-electron chi connectivity index (χ1n) is 4.82. The highest BCUT2D eigenvalue weighted by molar-refractivity contribution is 5.86. The minimum atomic E-state index is -0.466. The van der Waals surface area contributed by atoms with Crippen molar-refractivity contribution in [3.05, 3.63) is 0 Å². The monoisotopic (exact) mass is 196 g/mol. The maximum atomic E-state index is 11.5. The summed E-state index contributed by atoms with van der Waals surface area (Å²) >= 11 is 0. The fourth-order valence-corrected chi connectivity index (χ4v) is 3.29. The SMILES string of the molecule is O=C1O[C@H]2O[C@H]3OC(=O)[C@H]4[C@H]3C[C@H]2[C@H]14. The van der Waals surface area contributed by atoms with E-state index < -0.39 is 12.6 Å². The predicted octanol–water partition coefficient (Wildman–Crippen LogP) is -0.349. The van der Waals surface area contributed by atoms with Crippen LogP contribution in [0.25, 0.3) is 0 Å². The number of ether oxygens (including phenoxy) is 3. The molecule has 5 heteroatoms. The molecule has 4 fully saturated rings. The number of hydrogen-bond acceptors (Lipinski definition) is 5. The average Bonchev–Trinajstić information content (AvgIpc) is 2.69. The van der Waals surface area contributed by atoms with E-state index in [0.29, 0.717) is 0 Å². The highest BCUT2D eigenvalue weighted by Crippen LogP contribution is 2.57. The number of esters is 2. The van der Waals surface area contributed by atoms with Gasteiger partial charge in [-0.1, -0.05) is 0 Å². The van der Waals surface area contributed by atoms with E-state index in [1.165, 1.54) is 0 Å². The van der Waals surface area contributed by atoms with Gasteiger partial charge in [0.15, 0.2) is 0 Å². The van der Waals surface area contributed by atoms with Crippen molar-refractivity contribution in [1.29, 1.82) is 0 Å². The Hall–Kier alpha value is -1.10. The largest absolute Gasteiger partial charge is 0.435 e. The summed E-state index contributed by atoms with van der Waals surface area (Å²) in [6.07, 6.45) is -0.110. The van der Waals surface area contributed by atoms with Crippen molar-refractivity contribution < 1.29 is 23.8 Å². The fraction of sp³-hybridized carbons (Fsp3) is 0.778. The molecule has 0 aromatic rings. The number of rotatable bonds is 0. The Morgan fingerprint density at radius 1 is 0.929 bits per heavy atom. The highest BCUT2D eigenvalue weighted by atomic mass is 16.8. The molecule has 0 radical (unpaired) electrons. The fourth-order valence-electron chi connectivity index (χ4n) is 3.29. The normalized spacial score (nSPS) is 57.4. The van der Waals surface area contributed by atoms with Gasteiger partial charge in [0.05, 0.1) is 11.8 Å². The van der Waals surface area contributed by atoms with Crippen LogP contribution in [0.5, 0.6) is 0 Å². The topological polar surface area (TPSA) is 61.8 Å². The van der Waals surface area contributed by atoms with E-state index in [2.05, 4.69) is 0 Å². The molecule has 0 unspecified atom stereocenters. The van der Waals surface area contributed by atoms with Gasteiger partial charge in [-0.15, -0.1) is 0 Å². The van der Waals surface area contributed by atoms with Crippen LogP contribution in [0.1, 0.15) is 6.42 Å². The van der Waals surface area contributed by atoms with Crippen LogP contribution in [0.15, 0.2) is 0 Å². The Bertz CT molecular complexity index is 319. The second-order valence-corrected chi connectivity index (χ2v) is 4.36. The van der Waals surface area contributed by atoms with E-state index in [9.17, 15) is 9.59 Å². The smallest absolute Gasteiger partial charge is 0.312 e. The van der Waals surface area contributed by atoms with E-state index >= 15 is 0 Å². The van der Waals surface area contributed by atoms with Gasteiger partial charge >= 0.3 is 11.9 Å². The van der Waals surface area contributed by atoms with Crippen LogP contribution in [0.3, 0.4) is 0 Å². The molecule has 74 valence electrons. The minimum absolute atomic E-state index is 0.0848. The Kier molecular flexibility index (Phi) is 1.01. The molecule has 1 saturated carbocycles. The van der Waals surface area contributed by atoms with E-state index in [1.54, 1.807) is 0 Å². The van der Waals surface area contributed by atoms with Gasteiger partial charge in [-0.2, -0.15) is 0 Å². The van der Waals surface area contributed by atoms with Crippen LogP contribution in [-0.4, -0.2) is 24.5 Å². The molecule has 0 aromatic carbocycles. The van der Waals surface area contributed by atoms with Crippen molar-refractivity contribution in [2.75, 3.05) is 0 Å². The molecule has 0 spiro atoms. The molecular formula is C9H8O5. The van der Waals surface area contributed by atoms with Crippen molar-refractivity contribution in [2.45, 2.75) is 19.0 Å². The van der Waals surface area contributed by atoms with Gasteiger partial charge in [-0.25, -0.2) is 0 Å². The molecule has 3 saturated heterocycles. The maximum Gasteiger partial charge on any atom is 0.312 e. The first-order chi connectivity index (χ1) is 6.75. The van der Waals surface area contributed by atoms with Crippen molar-refractivity contribution in [1.82, 2.24) is 0 Å². The lowest BCUT2D eigenvalue weighted by Crippen LogP contribution is -2.35. The zero-order valence-electron chi connectivity index (χ0n) is 7.21. The lowest BCUT2D eigenvalue weighted by atomic mass is 9.90. The summed E-state index contributed by atoms with van der Waals surface area (Å²) < 4.78 is 15.5. The molecule has 3 heterocycles. The molecule has 3 aliphatic heterocycles.